The van der Waals surface area contributed by atoms with Crippen LogP contribution in [0.3, 0.4) is 0 Å². The molecule has 0 spiro atoms. The fourth-order valence-electron chi connectivity index (χ4n) is 2.56. The molecule has 0 radical (unpaired) electrons. The van der Waals surface area contributed by atoms with Crippen LogP contribution in [0.5, 0.6) is 0 Å². The average molecular weight is 268 g/mol. The molecule has 1 N–H and O–H groups in total. The molecular formula is C13H17FN2O3. The Balaban J connectivity index is 2.11. The number of benzene rings is 1. The molecule has 19 heavy (non-hydrogen) atoms. The Morgan fingerprint density at radius 3 is 2.95 bits per heavy atom. The molecule has 1 aliphatic heterocycles. The van der Waals surface area contributed by atoms with E-state index in [2.05, 4.69) is 5.32 Å². The van der Waals surface area contributed by atoms with Crippen LogP contribution in [0, 0.1) is 15.9 Å². The Bertz CT molecular complexity index is 455. The number of ether oxygens (including phenoxy) is 1. The molecule has 0 saturated carbocycles. The minimum atomic E-state index is -0.621. The molecule has 3 unspecified atom stereocenters. The van der Waals surface area contributed by atoms with Gasteiger partial charge in [-0.1, -0.05) is 18.2 Å². The average Bonchev–Trinajstić information content (AvgIpc) is 2.85. The molecule has 1 heterocycles. The van der Waals surface area contributed by atoms with Crippen LogP contribution in [0.25, 0.3) is 0 Å². The first-order valence-electron chi connectivity index (χ1n) is 6.27. The summed E-state index contributed by atoms with van der Waals surface area (Å²) in [5.41, 5.74) is 0.445. The zero-order valence-corrected chi connectivity index (χ0v) is 10.7. The van der Waals surface area contributed by atoms with E-state index in [0.29, 0.717) is 24.9 Å². The lowest BCUT2D eigenvalue weighted by Gasteiger charge is -2.21. The molecule has 0 aromatic heterocycles. The molecule has 0 bridgehead atoms. The van der Waals surface area contributed by atoms with Crippen molar-refractivity contribution in [2.45, 2.75) is 31.0 Å². The molecule has 3 atom stereocenters. The summed E-state index contributed by atoms with van der Waals surface area (Å²) in [7, 11) is 1.49. The normalized spacial score (nSPS) is 24.3. The minimum Gasteiger partial charge on any atom is -0.377 e. The van der Waals surface area contributed by atoms with Crippen molar-refractivity contribution in [1.82, 2.24) is 5.32 Å². The lowest BCUT2D eigenvalue weighted by Crippen LogP contribution is -2.37. The van der Waals surface area contributed by atoms with Gasteiger partial charge in [-0.25, -0.2) is 4.39 Å². The smallest absolute Gasteiger partial charge is 0.229 e. The molecule has 1 aromatic carbocycles. The van der Waals surface area contributed by atoms with Gasteiger partial charge in [0.15, 0.2) is 0 Å². The fraction of sp³-hybridized carbons (Fsp3) is 0.538. The summed E-state index contributed by atoms with van der Waals surface area (Å²) in [6.45, 7) is 0.615. The highest BCUT2D eigenvalue weighted by molar-refractivity contribution is 5.20. The summed E-state index contributed by atoms with van der Waals surface area (Å²) in [6, 6.07) is 5.47. The van der Waals surface area contributed by atoms with E-state index in [4.69, 9.17) is 4.74 Å². The molecule has 6 heteroatoms. The first-order chi connectivity index (χ1) is 9.13. The van der Waals surface area contributed by atoms with E-state index in [1.54, 1.807) is 18.2 Å². The standard InChI is InChI=1S/C13H17FN2O3/c1-19-13(9-4-2-3-5-10(9)14)8-11-12(16(17)18)6-7-15-11/h2-5,11-13,15H,6-8H2,1H3. The van der Waals surface area contributed by atoms with Gasteiger partial charge in [-0.05, 0) is 12.5 Å². The van der Waals surface area contributed by atoms with Crippen LogP contribution < -0.4 is 5.32 Å². The Morgan fingerprint density at radius 1 is 1.58 bits per heavy atom. The van der Waals surface area contributed by atoms with Crippen LogP contribution >= 0.6 is 0 Å². The van der Waals surface area contributed by atoms with Crippen molar-refractivity contribution in [2.24, 2.45) is 0 Å². The van der Waals surface area contributed by atoms with Crippen LogP contribution in [0.1, 0.15) is 24.5 Å². The van der Waals surface area contributed by atoms with Gasteiger partial charge in [-0.15, -0.1) is 0 Å². The molecule has 104 valence electrons. The second-order valence-electron chi connectivity index (χ2n) is 4.68. The second-order valence-corrected chi connectivity index (χ2v) is 4.68. The zero-order chi connectivity index (χ0) is 13.8. The number of nitrogens with one attached hydrogen (secondary N) is 1. The summed E-state index contributed by atoms with van der Waals surface area (Å²) in [4.78, 5) is 10.7. The number of methoxy groups -OCH3 is 1. The SMILES string of the molecule is COC(CC1NCCC1[N+](=O)[O-])c1ccccc1F. The topological polar surface area (TPSA) is 64.4 Å². The highest BCUT2D eigenvalue weighted by atomic mass is 19.1. The number of nitrogens with zero attached hydrogens (tertiary/aromatic N) is 1. The number of halogens is 1. The Labute approximate surface area is 110 Å². The highest BCUT2D eigenvalue weighted by Gasteiger charge is 2.38. The molecule has 1 saturated heterocycles. The predicted molar refractivity (Wildman–Crippen MR) is 68.0 cm³/mol. The summed E-state index contributed by atoms with van der Waals surface area (Å²) < 4.78 is 19.0. The van der Waals surface area contributed by atoms with Gasteiger partial charge in [0.05, 0.1) is 12.1 Å². The first-order valence-corrected chi connectivity index (χ1v) is 6.27. The van der Waals surface area contributed by atoms with E-state index in [1.165, 1.54) is 13.2 Å². The van der Waals surface area contributed by atoms with E-state index >= 15 is 0 Å². The molecule has 0 amide bonds. The molecule has 2 rings (SSSR count). The number of nitro groups is 1. The van der Waals surface area contributed by atoms with E-state index in [9.17, 15) is 14.5 Å². The third kappa shape index (κ3) is 3.08. The number of hydrogen-bond acceptors (Lipinski definition) is 4. The largest absolute Gasteiger partial charge is 0.377 e. The molecule has 0 aliphatic carbocycles. The van der Waals surface area contributed by atoms with Crippen molar-refractivity contribution < 1.29 is 14.1 Å². The summed E-state index contributed by atoms with van der Waals surface area (Å²) in [6.07, 6.45) is 0.424. The zero-order valence-electron chi connectivity index (χ0n) is 10.7. The van der Waals surface area contributed by atoms with Crippen molar-refractivity contribution >= 4 is 0 Å². The first kappa shape index (κ1) is 13.9. The fourth-order valence-corrected chi connectivity index (χ4v) is 2.56. The Kier molecular flexibility index (Phi) is 4.44. The van der Waals surface area contributed by atoms with Crippen LogP contribution in [0.2, 0.25) is 0 Å². The van der Waals surface area contributed by atoms with Crippen molar-refractivity contribution in [3.63, 3.8) is 0 Å². The van der Waals surface area contributed by atoms with Crippen molar-refractivity contribution in [3.8, 4) is 0 Å². The van der Waals surface area contributed by atoms with Gasteiger partial charge in [0.1, 0.15) is 5.82 Å². The van der Waals surface area contributed by atoms with Crippen LogP contribution in [-0.4, -0.2) is 30.7 Å². The second kappa shape index (κ2) is 6.08. The number of hydrogen-bond donors (Lipinski definition) is 1. The van der Waals surface area contributed by atoms with E-state index < -0.39 is 12.1 Å². The summed E-state index contributed by atoms with van der Waals surface area (Å²) in [5, 5.41) is 14.0. The van der Waals surface area contributed by atoms with Gasteiger partial charge in [0, 0.05) is 30.6 Å². The summed E-state index contributed by atoms with van der Waals surface area (Å²) >= 11 is 0. The minimum absolute atomic E-state index is 0.265. The van der Waals surface area contributed by atoms with Crippen molar-refractivity contribution in [1.29, 1.82) is 0 Å². The Hall–Kier alpha value is -1.53. The van der Waals surface area contributed by atoms with Crippen molar-refractivity contribution in [2.75, 3.05) is 13.7 Å². The maximum absolute atomic E-state index is 13.7. The van der Waals surface area contributed by atoms with Gasteiger partial charge in [-0.3, -0.25) is 10.1 Å². The van der Waals surface area contributed by atoms with Gasteiger partial charge < -0.3 is 10.1 Å². The summed E-state index contributed by atoms with van der Waals surface area (Å²) in [5.74, 6) is -0.343. The van der Waals surface area contributed by atoms with E-state index in [0.717, 1.165) is 0 Å². The molecular weight excluding hydrogens is 251 g/mol. The van der Waals surface area contributed by atoms with Gasteiger partial charge >= 0.3 is 0 Å². The van der Waals surface area contributed by atoms with Crippen LogP contribution in [0.4, 0.5) is 4.39 Å². The molecule has 1 aromatic rings. The molecule has 5 nitrogen and oxygen atoms in total. The maximum Gasteiger partial charge on any atom is 0.229 e. The Morgan fingerprint density at radius 2 is 2.32 bits per heavy atom. The molecule has 1 aliphatic rings. The van der Waals surface area contributed by atoms with E-state index in [1.807, 2.05) is 0 Å². The van der Waals surface area contributed by atoms with Gasteiger partial charge in [0.2, 0.25) is 6.04 Å². The van der Waals surface area contributed by atoms with Crippen LogP contribution in [-0.2, 0) is 4.74 Å². The third-order valence-corrected chi connectivity index (χ3v) is 3.59. The lowest BCUT2D eigenvalue weighted by atomic mass is 9.98. The number of rotatable bonds is 5. The predicted octanol–water partition coefficient (Wildman–Crippen LogP) is 1.91. The van der Waals surface area contributed by atoms with Gasteiger partial charge in [-0.2, -0.15) is 0 Å². The highest BCUT2D eigenvalue weighted by Crippen LogP contribution is 2.27. The molecule has 1 fully saturated rings. The quantitative estimate of drug-likeness (QED) is 0.654. The van der Waals surface area contributed by atoms with Crippen molar-refractivity contribution in [3.05, 3.63) is 45.8 Å². The lowest BCUT2D eigenvalue weighted by molar-refractivity contribution is -0.523. The van der Waals surface area contributed by atoms with Crippen LogP contribution in [0.15, 0.2) is 24.3 Å². The van der Waals surface area contributed by atoms with Gasteiger partial charge in [0.25, 0.3) is 0 Å². The monoisotopic (exact) mass is 268 g/mol. The van der Waals surface area contributed by atoms with E-state index in [-0.39, 0.29) is 16.8 Å². The third-order valence-electron chi connectivity index (χ3n) is 3.59. The maximum atomic E-state index is 13.7.